The van der Waals surface area contributed by atoms with Gasteiger partial charge in [0, 0.05) is 13.5 Å². The van der Waals surface area contributed by atoms with Crippen LogP contribution in [-0.2, 0) is 14.4 Å². The van der Waals surface area contributed by atoms with Gasteiger partial charge in [0.15, 0.2) is 0 Å². The molecule has 0 spiro atoms. The highest BCUT2D eigenvalue weighted by molar-refractivity contribution is 6.22. The molecule has 3 rings (SSSR count). The van der Waals surface area contributed by atoms with Gasteiger partial charge in [-0.15, -0.1) is 0 Å². The van der Waals surface area contributed by atoms with Crippen LogP contribution in [0.5, 0.6) is 0 Å². The van der Waals surface area contributed by atoms with Gasteiger partial charge in [0.25, 0.3) is 5.91 Å². The van der Waals surface area contributed by atoms with Gasteiger partial charge in [-0.2, -0.15) is 0 Å². The molecule has 0 aromatic heterocycles. The predicted molar refractivity (Wildman–Crippen MR) is 95.1 cm³/mol. The third-order valence-electron chi connectivity index (χ3n) is 5.14. The summed E-state index contributed by atoms with van der Waals surface area (Å²) < 4.78 is 0. The number of imide groups is 1. The molecule has 1 aromatic rings. The number of nitrogens with zero attached hydrogens (tertiary/aromatic N) is 2. The fourth-order valence-corrected chi connectivity index (χ4v) is 3.62. The highest BCUT2D eigenvalue weighted by Crippen LogP contribution is 2.28. The van der Waals surface area contributed by atoms with Gasteiger partial charge in [-0.25, -0.2) is 4.90 Å². The van der Waals surface area contributed by atoms with E-state index < -0.39 is 0 Å². The Hall–Kier alpha value is -2.21. The van der Waals surface area contributed by atoms with Gasteiger partial charge in [-0.05, 0) is 50.9 Å². The highest BCUT2D eigenvalue weighted by atomic mass is 16.2. The van der Waals surface area contributed by atoms with Crippen molar-refractivity contribution >= 4 is 23.4 Å². The summed E-state index contributed by atoms with van der Waals surface area (Å²) in [5.41, 5.74) is 1.75. The molecule has 6 nitrogen and oxygen atoms in total. The lowest BCUT2D eigenvalue weighted by Crippen LogP contribution is -2.47. The number of likely N-dealkylation sites (tertiary alicyclic amines) is 1. The first kappa shape index (κ1) is 17.6. The lowest BCUT2D eigenvalue weighted by Gasteiger charge is -2.34. The summed E-state index contributed by atoms with van der Waals surface area (Å²) in [6.07, 6.45) is 2.12. The third-order valence-corrected chi connectivity index (χ3v) is 5.14. The molecule has 2 aliphatic heterocycles. The number of piperidine rings is 1. The monoisotopic (exact) mass is 343 g/mol. The molecule has 0 unspecified atom stereocenters. The second-order valence-electron chi connectivity index (χ2n) is 7.04. The van der Waals surface area contributed by atoms with Crippen LogP contribution in [0.1, 0.15) is 31.7 Å². The molecule has 0 radical (unpaired) electrons. The molecule has 2 fully saturated rings. The maximum Gasteiger partial charge on any atom is 0.251 e. The van der Waals surface area contributed by atoms with E-state index in [0.717, 1.165) is 31.5 Å². The Morgan fingerprint density at radius 3 is 2.40 bits per heavy atom. The molecule has 134 valence electrons. The molecule has 0 saturated carbocycles. The molecule has 1 N–H and O–H groups in total. The number of aryl methyl sites for hydroxylation is 1. The van der Waals surface area contributed by atoms with Gasteiger partial charge in [-0.3, -0.25) is 19.3 Å². The number of amides is 3. The quantitative estimate of drug-likeness (QED) is 0.841. The molecular formula is C19H25N3O3. The Balaban J connectivity index is 1.61. The second-order valence-corrected chi connectivity index (χ2v) is 7.04. The number of rotatable bonds is 4. The summed E-state index contributed by atoms with van der Waals surface area (Å²) in [6, 6.07) is 7.13. The largest absolute Gasteiger partial charge is 0.356 e. The first-order valence-electron chi connectivity index (χ1n) is 8.87. The highest BCUT2D eigenvalue weighted by Gasteiger charge is 2.43. The number of nitrogens with one attached hydrogen (secondary N) is 1. The van der Waals surface area contributed by atoms with Gasteiger partial charge < -0.3 is 5.32 Å². The average molecular weight is 343 g/mol. The third kappa shape index (κ3) is 3.90. The molecule has 2 saturated heterocycles. The van der Waals surface area contributed by atoms with Gasteiger partial charge in [0.05, 0.1) is 18.2 Å². The maximum absolute atomic E-state index is 12.8. The average Bonchev–Trinajstić information content (AvgIpc) is 2.89. The van der Waals surface area contributed by atoms with E-state index in [2.05, 4.69) is 10.2 Å². The molecule has 25 heavy (non-hydrogen) atoms. The Kier molecular flexibility index (Phi) is 5.18. The van der Waals surface area contributed by atoms with Crippen LogP contribution in [0.15, 0.2) is 24.3 Å². The summed E-state index contributed by atoms with van der Waals surface area (Å²) in [5.74, 6) is 0.196. The summed E-state index contributed by atoms with van der Waals surface area (Å²) >= 11 is 0. The molecule has 1 atom stereocenters. The van der Waals surface area contributed by atoms with Crippen LogP contribution in [0.3, 0.4) is 0 Å². The minimum Gasteiger partial charge on any atom is -0.356 e. The standard InChI is InChI=1S/C19H25N3O3/c1-13-3-5-16(6-4-13)22-18(24)11-17(19(22)25)21-9-7-15(8-10-21)12-20-14(2)23/h3-6,15,17H,7-12H2,1-2H3,(H,20,23)/t17-/m1/s1. The lowest BCUT2D eigenvalue weighted by molar-refractivity contribution is -0.123. The summed E-state index contributed by atoms with van der Waals surface area (Å²) in [7, 11) is 0. The molecule has 1 aromatic carbocycles. The van der Waals surface area contributed by atoms with Crippen molar-refractivity contribution in [2.75, 3.05) is 24.5 Å². The molecule has 0 aliphatic carbocycles. The van der Waals surface area contributed by atoms with E-state index >= 15 is 0 Å². The molecule has 0 bridgehead atoms. The second kappa shape index (κ2) is 7.35. The van der Waals surface area contributed by atoms with Gasteiger partial charge in [0.1, 0.15) is 0 Å². The summed E-state index contributed by atoms with van der Waals surface area (Å²) in [6.45, 7) is 5.77. The number of carbonyl (C=O) groups excluding carboxylic acids is 3. The molecule has 6 heteroatoms. The van der Waals surface area contributed by atoms with Crippen LogP contribution in [0.25, 0.3) is 0 Å². The van der Waals surface area contributed by atoms with Crippen LogP contribution in [-0.4, -0.2) is 48.3 Å². The normalized spacial score (nSPS) is 22.5. The summed E-state index contributed by atoms with van der Waals surface area (Å²) in [5, 5.41) is 2.86. The molecule has 2 heterocycles. The fraction of sp³-hybridized carbons (Fsp3) is 0.526. The van der Waals surface area contributed by atoms with Crippen LogP contribution in [0.2, 0.25) is 0 Å². The van der Waals surface area contributed by atoms with Crippen molar-refractivity contribution in [1.29, 1.82) is 0 Å². The Morgan fingerprint density at radius 1 is 1.16 bits per heavy atom. The number of hydrogen-bond acceptors (Lipinski definition) is 4. The van der Waals surface area contributed by atoms with Gasteiger partial charge >= 0.3 is 0 Å². The number of benzene rings is 1. The van der Waals surface area contributed by atoms with Crippen LogP contribution < -0.4 is 10.2 Å². The first-order chi connectivity index (χ1) is 12.0. The molecular weight excluding hydrogens is 318 g/mol. The van der Waals surface area contributed by atoms with Gasteiger partial charge in [0.2, 0.25) is 11.8 Å². The van der Waals surface area contributed by atoms with E-state index in [9.17, 15) is 14.4 Å². The number of anilines is 1. The minimum absolute atomic E-state index is 0.00673. The minimum atomic E-state index is -0.351. The maximum atomic E-state index is 12.8. The topological polar surface area (TPSA) is 69.7 Å². The van der Waals surface area contributed by atoms with E-state index in [1.165, 1.54) is 11.8 Å². The van der Waals surface area contributed by atoms with Crippen molar-refractivity contribution in [2.45, 2.75) is 39.2 Å². The molecule has 3 amide bonds. The molecule has 2 aliphatic rings. The van der Waals surface area contributed by atoms with Crippen molar-refractivity contribution in [2.24, 2.45) is 5.92 Å². The van der Waals surface area contributed by atoms with Crippen LogP contribution >= 0.6 is 0 Å². The SMILES string of the molecule is CC(=O)NCC1CCN([C@@H]2CC(=O)N(c3ccc(C)cc3)C2=O)CC1. The van der Waals surface area contributed by atoms with Crippen LogP contribution in [0, 0.1) is 12.8 Å². The summed E-state index contributed by atoms with van der Waals surface area (Å²) in [4.78, 5) is 39.7. The fourth-order valence-electron chi connectivity index (χ4n) is 3.62. The number of carbonyl (C=O) groups is 3. The van der Waals surface area contributed by atoms with Crippen molar-refractivity contribution < 1.29 is 14.4 Å². The Labute approximate surface area is 148 Å². The first-order valence-corrected chi connectivity index (χ1v) is 8.87. The zero-order chi connectivity index (χ0) is 18.0. The van der Waals surface area contributed by atoms with E-state index in [4.69, 9.17) is 0 Å². The lowest BCUT2D eigenvalue weighted by atomic mass is 9.95. The Morgan fingerprint density at radius 2 is 1.80 bits per heavy atom. The predicted octanol–water partition coefficient (Wildman–Crippen LogP) is 1.48. The van der Waals surface area contributed by atoms with Crippen molar-refractivity contribution in [3.8, 4) is 0 Å². The van der Waals surface area contributed by atoms with E-state index in [0.29, 0.717) is 18.2 Å². The zero-order valence-corrected chi connectivity index (χ0v) is 14.8. The van der Waals surface area contributed by atoms with Crippen LogP contribution in [0.4, 0.5) is 5.69 Å². The van der Waals surface area contributed by atoms with E-state index in [1.807, 2.05) is 31.2 Å². The van der Waals surface area contributed by atoms with E-state index in [-0.39, 0.29) is 30.2 Å². The van der Waals surface area contributed by atoms with E-state index in [1.54, 1.807) is 0 Å². The smallest absolute Gasteiger partial charge is 0.251 e. The Bertz CT molecular complexity index is 663. The zero-order valence-electron chi connectivity index (χ0n) is 14.8. The van der Waals surface area contributed by atoms with Crippen molar-refractivity contribution in [1.82, 2.24) is 10.2 Å². The van der Waals surface area contributed by atoms with Crippen molar-refractivity contribution in [3.05, 3.63) is 29.8 Å². The van der Waals surface area contributed by atoms with Crippen molar-refractivity contribution in [3.63, 3.8) is 0 Å². The number of hydrogen-bond donors (Lipinski definition) is 1. The van der Waals surface area contributed by atoms with Gasteiger partial charge in [-0.1, -0.05) is 17.7 Å².